The number of benzene rings is 1. The molecule has 114 valence electrons. The van der Waals surface area contributed by atoms with Crippen molar-refractivity contribution in [1.82, 2.24) is 4.57 Å². The van der Waals surface area contributed by atoms with Crippen molar-refractivity contribution in [2.45, 2.75) is 26.3 Å². The quantitative estimate of drug-likeness (QED) is 0.576. The summed E-state index contributed by atoms with van der Waals surface area (Å²) in [6, 6.07) is 7.27. The van der Waals surface area contributed by atoms with Gasteiger partial charge >= 0.3 is 5.97 Å². The minimum absolute atomic E-state index is 0.232. The number of rotatable bonds is 7. The number of aromatic nitrogens is 1. The smallest absolute Gasteiger partial charge is 0.329 e. The van der Waals surface area contributed by atoms with Gasteiger partial charge in [-0.1, -0.05) is 18.5 Å². The molecule has 1 heterocycles. The maximum Gasteiger partial charge on any atom is 0.329 e. The highest BCUT2D eigenvalue weighted by molar-refractivity contribution is 6.31. The van der Waals surface area contributed by atoms with Gasteiger partial charge in [-0.05, 0) is 37.6 Å². The average Bonchev–Trinajstić information content (AvgIpc) is 2.87. The first-order chi connectivity index (χ1) is 10.2. The summed E-state index contributed by atoms with van der Waals surface area (Å²) in [7, 11) is 0. The highest BCUT2D eigenvalue weighted by Gasteiger charge is 2.21. The second-order valence-electron chi connectivity index (χ2n) is 4.71. The van der Waals surface area contributed by atoms with Crippen LogP contribution in [0.2, 0.25) is 5.02 Å². The van der Waals surface area contributed by atoms with Gasteiger partial charge in [0, 0.05) is 28.7 Å². The summed E-state index contributed by atoms with van der Waals surface area (Å²) in [5.41, 5.74) is 0.980. The summed E-state index contributed by atoms with van der Waals surface area (Å²) >= 11 is 5.99. The Bertz CT molecular complexity index is 609. The van der Waals surface area contributed by atoms with Crippen molar-refractivity contribution >= 4 is 28.5 Å². The molecule has 1 atom stereocenters. The van der Waals surface area contributed by atoms with Crippen LogP contribution in [0, 0.1) is 0 Å². The Morgan fingerprint density at radius 1 is 1.29 bits per heavy atom. The summed E-state index contributed by atoms with van der Waals surface area (Å²) in [4.78, 5) is 12.2. The molecule has 0 aliphatic rings. The highest BCUT2D eigenvalue weighted by Crippen LogP contribution is 2.25. The lowest BCUT2D eigenvalue weighted by Gasteiger charge is -2.17. The minimum Gasteiger partial charge on any atom is -0.462 e. The fourth-order valence-electron chi connectivity index (χ4n) is 2.33. The summed E-state index contributed by atoms with van der Waals surface area (Å²) in [6.45, 7) is 5.22. The number of hydrogen-bond acceptors (Lipinski definition) is 3. The molecule has 1 aromatic carbocycles. The van der Waals surface area contributed by atoms with Crippen molar-refractivity contribution in [3.05, 3.63) is 35.5 Å². The average molecular weight is 310 g/mol. The van der Waals surface area contributed by atoms with Crippen LogP contribution >= 0.6 is 11.6 Å². The van der Waals surface area contributed by atoms with Gasteiger partial charge in [0.05, 0.1) is 6.61 Å². The molecule has 0 N–H and O–H groups in total. The number of carbonyl (C=O) groups is 1. The number of fused-ring (bicyclic) bond motifs is 1. The lowest BCUT2D eigenvalue weighted by Crippen LogP contribution is -2.22. The summed E-state index contributed by atoms with van der Waals surface area (Å²) in [5.74, 6) is -0.232. The molecule has 2 aromatic rings. The standard InChI is InChI=1S/C16H20ClNO3/c1-3-14(16(19)21-10-9-20-4-2)18-8-7-12-11-13(17)5-6-15(12)18/h5-8,11,14H,3-4,9-10H2,1-2H3. The van der Waals surface area contributed by atoms with Crippen molar-refractivity contribution in [3.63, 3.8) is 0 Å². The molecule has 0 aliphatic heterocycles. The predicted molar refractivity (Wildman–Crippen MR) is 83.7 cm³/mol. The molecule has 0 saturated heterocycles. The minimum atomic E-state index is -0.328. The van der Waals surface area contributed by atoms with Crippen molar-refractivity contribution in [2.24, 2.45) is 0 Å². The van der Waals surface area contributed by atoms with Crippen LogP contribution in [-0.4, -0.2) is 30.4 Å². The van der Waals surface area contributed by atoms with Crippen LogP contribution in [0.1, 0.15) is 26.3 Å². The Balaban J connectivity index is 2.13. The maximum atomic E-state index is 12.2. The first kappa shape index (κ1) is 15.9. The third-order valence-electron chi connectivity index (χ3n) is 3.35. The lowest BCUT2D eigenvalue weighted by atomic mass is 10.2. The van der Waals surface area contributed by atoms with Crippen molar-refractivity contribution < 1.29 is 14.3 Å². The third kappa shape index (κ3) is 3.77. The second-order valence-corrected chi connectivity index (χ2v) is 5.15. The van der Waals surface area contributed by atoms with Gasteiger partial charge in [0.1, 0.15) is 12.6 Å². The van der Waals surface area contributed by atoms with Gasteiger partial charge in [-0.3, -0.25) is 0 Å². The van der Waals surface area contributed by atoms with Crippen LogP contribution in [0.5, 0.6) is 0 Å². The van der Waals surface area contributed by atoms with E-state index in [1.54, 1.807) is 0 Å². The topological polar surface area (TPSA) is 40.5 Å². The number of esters is 1. The zero-order chi connectivity index (χ0) is 15.2. The van der Waals surface area contributed by atoms with E-state index in [0.717, 1.165) is 10.9 Å². The molecular weight excluding hydrogens is 290 g/mol. The van der Waals surface area contributed by atoms with E-state index in [0.29, 0.717) is 24.7 Å². The van der Waals surface area contributed by atoms with Gasteiger partial charge in [-0.25, -0.2) is 4.79 Å². The van der Waals surface area contributed by atoms with E-state index < -0.39 is 0 Å². The van der Waals surface area contributed by atoms with Gasteiger partial charge in [-0.2, -0.15) is 0 Å². The largest absolute Gasteiger partial charge is 0.462 e. The summed E-state index contributed by atoms with van der Waals surface area (Å²) in [6.07, 6.45) is 2.57. The SMILES string of the molecule is CCOCCOC(=O)C(CC)n1ccc2cc(Cl)ccc21. The maximum absolute atomic E-state index is 12.2. The molecule has 2 rings (SSSR count). The fourth-order valence-corrected chi connectivity index (χ4v) is 2.51. The Hall–Kier alpha value is -1.52. The van der Waals surface area contributed by atoms with Gasteiger partial charge in [0.2, 0.25) is 0 Å². The molecule has 21 heavy (non-hydrogen) atoms. The van der Waals surface area contributed by atoms with Crippen molar-refractivity contribution in [2.75, 3.05) is 19.8 Å². The normalized spacial score (nSPS) is 12.5. The van der Waals surface area contributed by atoms with E-state index in [9.17, 15) is 4.79 Å². The lowest BCUT2D eigenvalue weighted by molar-refractivity contribution is -0.149. The molecule has 1 aromatic heterocycles. The molecule has 0 radical (unpaired) electrons. The Morgan fingerprint density at radius 3 is 2.81 bits per heavy atom. The molecule has 0 saturated carbocycles. The summed E-state index contributed by atoms with van der Waals surface area (Å²) in [5, 5.41) is 1.70. The van der Waals surface area contributed by atoms with Gasteiger partial charge in [0.15, 0.2) is 0 Å². The molecule has 1 unspecified atom stereocenters. The zero-order valence-corrected chi connectivity index (χ0v) is 13.1. The molecular formula is C16H20ClNO3. The van der Waals surface area contributed by atoms with Gasteiger partial charge < -0.3 is 14.0 Å². The van der Waals surface area contributed by atoms with E-state index in [4.69, 9.17) is 21.1 Å². The summed E-state index contributed by atoms with van der Waals surface area (Å²) < 4.78 is 12.4. The van der Waals surface area contributed by atoms with E-state index in [1.807, 2.05) is 48.9 Å². The number of nitrogens with zero attached hydrogens (tertiary/aromatic N) is 1. The van der Waals surface area contributed by atoms with Crippen molar-refractivity contribution in [3.8, 4) is 0 Å². The van der Waals surface area contributed by atoms with E-state index >= 15 is 0 Å². The molecule has 0 fully saturated rings. The van der Waals surface area contributed by atoms with Crippen LogP contribution in [-0.2, 0) is 14.3 Å². The highest BCUT2D eigenvalue weighted by atomic mass is 35.5. The van der Waals surface area contributed by atoms with E-state index in [-0.39, 0.29) is 18.6 Å². The van der Waals surface area contributed by atoms with Crippen LogP contribution in [0.25, 0.3) is 10.9 Å². The van der Waals surface area contributed by atoms with Crippen LogP contribution < -0.4 is 0 Å². The van der Waals surface area contributed by atoms with Gasteiger partial charge in [0.25, 0.3) is 0 Å². The van der Waals surface area contributed by atoms with Crippen LogP contribution in [0.4, 0.5) is 0 Å². The number of carbonyl (C=O) groups excluding carboxylic acids is 1. The predicted octanol–water partition coefficient (Wildman–Crippen LogP) is 3.83. The first-order valence-electron chi connectivity index (χ1n) is 7.17. The first-order valence-corrected chi connectivity index (χ1v) is 7.55. The molecule has 0 bridgehead atoms. The third-order valence-corrected chi connectivity index (χ3v) is 3.59. The van der Waals surface area contributed by atoms with Crippen LogP contribution in [0.15, 0.2) is 30.5 Å². The van der Waals surface area contributed by atoms with E-state index in [2.05, 4.69) is 0 Å². The Morgan fingerprint density at radius 2 is 2.10 bits per heavy atom. The zero-order valence-electron chi connectivity index (χ0n) is 12.3. The van der Waals surface area contributed by atoms with Gasteiger partial charge in [-0.15, -0.1) is 0 Å². The monoisotopic (exact) mass is 309 g/mol. The molecule has 4 nitrogen and oxygen atoms in total. The Kier molecular flexibility index (Phi) is 5.65. The molecule has 0 spiro atoms. The number of ether oxygens (including phenoxy) is 2. The Labute approximate surface area is 129 Å². The van der Waals surface area contributed by atoms with E-state index in [1.165, 1.54) is 0 Å². The molecule has 0 aliphatic carbocycles. The number of halogens is 1. The van der Waals surface area contributed by atoms with Crippen LogP contribution in [0.3, 0.4) is 0 Å². The second kappa shape index (κ2) is 7.48. The van der Waals surface area contributed by atoms with Crippen molar-refractivity contribution in [1.29, 1.82) is 0 Å². The number of hydrogen-bond donors (Lipinski definition) is 0. The fraction of sp³-hybridized carbons (Fsp3) is 0.438. The molecule has 0 amide bonds. The molecule has 5 heteroatoms.